The van der Waals surface area contributed by atoms with Crippen LogP contribution in [0.1, 0.15) is 33.1 Å². The molecule has 0 spiro atoms. The van der Waals surface area contributed by atoms with Gasteiger partial charge < -0.3 is 16.4 Å². The molecule has 88 valence electrons. The van der Waals surface area contributed by atoms with Crippen LogP contribution in [0.3, 0.4) is 0 Å². The molecule has 1 heterocycles. The van der Waals surface area contributed by atoms with Crippen LogP contribution in [0.5, 0.6) is 0 Å². The first-order valence-corrected chi connectivity index (χ1v) is 5.81. The van der Waals surface area contributed by atoms with Crippen LogP contribution in [0.25, 0.3) is 0 Å². The van der Waals surface area contributed by atoms with Crippen molar-refractivity contribution in [2.24, 2.45) is 17.4 Å². The zero-order chi connectivity index (χ0) is 11.4. The van der Waals surface area contributed by atoms with Crippen LogP contribution in [0.2, 0.25) is 0 Å². The van der Waals surface area contributed by atoms with E-state index in [4.69, 9.17) is 11.5 Å². The number of hydrogen-bond donors (Lipinski definition) is 2. The fraction of sp³-hybridized carbons (Fsp3) is 0.909. The Bertz CT molecular complexity index is 218. The molecule has 1 aliphatic rings. The van der Waals surface area contributed by atoms with Gasteiger partial charge in [0, 0.05) is 12.6 Å². The third kappa shape index (κ3) is 3.47. The molecule has 4 N–H and O–H groups in total. The molecular formula is C11H23N3O. The van der Waals surface area contributed by atoms with Crippen molar-refractivity contribution < 1.29 is 4.79 Å². The standard InChI is InChI=1S/C11H23N3O/c1-8(2)10-4-3-6-14(10)7-5-9(12)11(13)15/h8-10H,3-7,12H2,1-2H3,(H2,13,15). The second-order valence-electron chi connectivity index (χ2n) is 4.79. The number of primary amides is 1. The van der Waals surface area contributed by atoms with Gasteiger partial charge in [-0.2, -0.15) is 0 Å². The Labute approximate surface area is 92.0 Å². The molecule has 0 aromatic carbocycles. The van der Waals surface area contributed by atoms with E-state index in [0.29, 0.717) is 18.4 Å². The van der Waals surface area contributed by atoms with Gasteiger partial charge in [-0.1, -0.05) is 13.8 Å². The number of amides is 1. The van der Waals surface area contributed by atoms with E-state index in [1.807, 2.05) is 0 Å². The fourth-order valence-corrected chi connectivity index (χ4v) is 2.33. The van der Waals surface area contributed by atoms with Crippen LogP contribution < -0.4 is 11.5 Å². The lowest BCUT2D eigenvalue weighted by Crippen LogP contribution is -2.41. The van der Waals surface area contributed by atoms with Gasteiger partial charge in [-0.15, -0.1) is 0 Å². The number of likely N-dealkylation sites (tertiary alicyclic amines) is 1. The fourth-order valence-electron chi connectivity index (χ4n) is 2.33. The van der Waals surface area contributed by atoms with Crippen LogP contribution in [0, 0.1) is 5.92 Å². The minimum atomic E-state index is -0.488. The average Bonchev–Trinajstić information content (AvgIpc) is 2.61. The average molecular weight is 213 g/mol. The van der Waals surface area contributed by atoms with E-state index < -0.39 is 11.9 Å². The maximum absolute atomic E-state index is 10.8. The Morgan fingerprint density at radius 1 is 1.53 bits per heavy atom. The monoisotopic (exact) mass is 213 g/mol. The highest BCUT2D eigenvalue weighted by molar-refractivity contribution is 5.79. The van der Waals surface area contributed by atoms with Crippen LogP contribution in [-0.2, 0) is 4.79 Å². The Kier molecular flexibility index (Phi) is 4.54. The van der Waals surface area contributed by atoms with Crippen molar-refractivity contribution in [2.75, 3.05) is 13.1 Å². The summed E-state index contributed by atoms with van der Waals surface area (Å²) in [4.78, 5) is 13.2. The first-order chi connectivity index (χ1) is 7.02. The molecule has 0 aromatic heterocycles. The topological polar surface area (TPSA) is 72.3 Å². The molecule has 1 saturated heterocycles. The zero-order valence-electron chi connectivity index (χ0n) is 9.78. The van der Waals surface area contributed by atoms with Crippen molar-refractivity contribution in [3.8, 4) is 0 Å². The quantitative estimate of drug-likeness (QED) is 0.690. The number of hydrogen-bond acceptors (Lipinski definition) is 3. The summed E-state index contributed by atoms with van der Waals surface area (Å²) in [6, 6.07) is 0.170. The molecule has 4 nitrogen and oxygen atoms in total. The molecular weight excluding hydrogens is 190 g/mol. The lowest BCUT2D eigenvalue weighted by Gasteiger charge is -2.28. The van der Waals surface area contributed by atoms with E-state index in [1.54, 1.807) is 0 Å². The van der Waals surface area contributed by atoms with Crippen molar-refractivity contribution in [2.45, 2.75) is 45.2 Å². The second-order valence-corrected chi connectivity index (χ2v) is 4.79. The summed E-state index contributed by atoms with van der Waals surface area (Å²) in [6.45, 7) is 6.52. The van der Waals surface area contributed by atoms with Gasteiger partial charge in [0.25, 0.3) is 0 Å². The number of carbonyl (C=O) groups excluding carboxylic acids is 1. The molecule has 1 amide bonds. The van der Waals surface area contributed by atoms with Crippen molar-refractivity contribution in [1.82, 2.24) is 4.90 Å². The molecule has 0 saturated carbocycles. The second kappa shape index (κ2) is 5.47. The Hall–Kier alpha value is -0.610. The lowest BCUT2D eigenvalue weighted by atomic mass is 10.0. The molecule has 0 aliphatic carbocycles. The summed E-state index contributed by atoms with van der Waals surface area (Å²) >= 11 is 0. The molecule has 4 heteroatoms. The molecule has 15 heavy (non-hydrogen) atoms. The normalized spacial score (nSPS) is 24.7. The molecule has 1 rings (SSSR count). The molecule has 0 radical (unpaired) electrons. The molecule has 1 fully saturated rings. The van der Waals surface area contributed by atoms with Gasteiger partial charge in [0.1, 0.15) is 0 Å². The summed E-state index contributed by atoms with van der Waals surface area (Å²) in [5, 5.41) is 0. The predicted molar refractivity (Wildman–Crippen MR) is 61.2 cm³/mol. The molecule has 1 aliphatic heterocycles. The van der Waals surface area contributed by atoms with Crippen LogP contribution >= 0.6 is 0 Å². The molecule has 0 aromatic rings. The Morgan fingerprint density at radius 2 is 2.20 bits per heavy atom. The summed E-state index contributed by atoms with van der Waals surface area (Å²) < 4.78 is 0. The van der Waals surface area contributed by atoms with Crippen LogP contribution in [0.4, 0.5) is 0 Å². The minimum absolute atomic E-state index is 0.393. The predicted octanol–water partition coefficient (Wildman–Crippen LogP) is 0.310. The first kappa shape index (κ1) is 12.5. The number of carbonyl (C=O) groups is 1. The number of nitrogens with zero attached hydrogens (tertiary/aromatic N) is 1. The lowest BCUT2D eigenvalue weighted by molar-refractivity contribution is -0.119. The van der Waals surface area contributed by atoms with E-state index in [9.17, 15) is 4.79 Å². The number of nitrogens with two attached hydrogens (primary N) is 2. The largest absolute Gasteiger partial charge is 0.368 e. The van der Waals surface area contributed by atoms with Crippen molar-refractivity contribution in [1.29, 1.82) is 0 Å². The van der Waals surface area contributed by atoms with E-state index in [0.717, 1.165) is 13.1 Å². The highest BCUT2D eigenvalue weighted by Gasteiger charge is 2.27. The van der Waals surface area contributed by atoms with Crippen molar-refractivity contribution in [3.05, 3.63) is 0 Å². The van der Waals surface area contributed by atoms with Gasteiger partial charge in [-0.25, -0.2) is 0 Å². The van der Waals surface area contributed by atoms with Gasteiger partial charge in [-0.05, 0) is 31.7 Å². The van der Waals surface area contributed by atoms with Crippen molar-refractivity contribution >= 4 is 5.91 Å². The van der Waals surface area contributed by atoms with Gasteiger partial charge >= 0.3 is 0 Å². The number of rotatable bonds is 5. The van der Waals surface area contributed by atoms with Gasteiger partial charge in [0.15, 0.2) is 0 Å². The summed E-state index contributed by atoms with van der Waals surface area (Å²) in [5.41, 5.74) is 10.7. The Morgan fingerprint density at radius 3 is 2.73 bits per heavy atom. The third-order valence-corrected chi connectivity index (χ3v) is 3.28. The molecule has 2 atom stereocenters. The van der Waals surface area contributed by atoms with Gasteiger partial charge in [0.2, 0.25) is 5.91 Å². The van der Waals surface area contributed by atoms with E-state index >= 15 is 0 Å². The van der Waals surface area contributed by atoms with Crippen LogP contribution in [-0.4, -0.2) is 36.0 Å². The minimum Gasteiger partial charge on any atom is -0.368 e. The SMILES string of the molecule is CC(C)C1CCCN1CCC(N)C(N)=O. The summed E-state index contributed by atoms with van der Waals surface area (Å²) in [5.74, 6) is 0.285. The van der Waals surface area contributed by atoms with Gasteiger partial charge in [0.05, 0.1) is 6.04 Å². The highest BCUT2D eigenvalue weighted by Crippen LogP contribution is 2.23. The van der Waals surface area contributed by atoms with E-state index in [1.165, 1.54) is 12.8 Å². The van der Waals surface area contributed by atoms with E-state index in [-0.39, 0.29) is 0 Å². The highest BCUT2D eigenvalue weighted by atomic mass is 16.1. The molecule has 0 bridgehead atoms. The maximum Gasteiger partial charge on any atom is 0.234 e. The van der Waals surface area contributed by atoms with E-state index in [2.05, 4.69) is 18.7 Å². The Balaban J connectivity index is 2.34. The van der Waals surface area contributed by atoms with Crippen LogP contribution in [0.15, 0.2) is 0 Å². The smallest absolute Gasteiger partial charge is 0.234 e. The first-order valence-electron chi connectivity index (χ1n) is 5.81. The third-order valence-electron chi connectivity index (χ3n) is 3.28. The maximum atomic E-state index is 10.8. The van der Waals surface area contributed by atoms with Gasteiger partial charge in [-0.3, -0.25) is 4.79 Å². The summed E-state index contributed by atoms with van der Waals surface area (Å²) in [7, 11) is 0. The zero-order valence-corrected chi connectivity index (χ0v) is 9.78. The molecule has 2 unspecified atom stereocenters. The summed E-state index contributed by atoms with van der Waals surface area (Å²) in [6.07, 6.45) is 3.21. The van der Waals surface area contributed by atoms with Crippen molar-refractivity contribution in [3.63, 3.8) is 0 Å².